The zero-order valence-electron chi connectivity index (χ0n) is 10.1. The van der Waals surface area contributed by atoms with Crippen LogP contribution in [0.15, 0.2) is 53.4 Å². The number of allylic oxidation sites excluding steroid dienone is 1. The molecule has 0 unspecified atom stereocenters. The van der Waals surface area contributed by atoms with Gasteiger partial charge in [-0.1, -0.05) is 0 Å². The molecule has 0 saturated heterocycles. The highest BCUT2D eigenvalue weighted by molar-refractivity contribution is 6.15. The highest BCUT2D eigenvalue weighted by Crippen LogP contribution is 2.21. The maximum absolute atomic E-state index is 4.66. The Balaban J connectivity index is 1.99. The molecule has 2 aromatic rings. The van der Waals surface area contributed by atoms with E-state index in [1.807, 2.05) is 24.5 Å². The monoisotopic (exact) mass is 237 g/mol. The fourth-order valence-corrected chi connectivity index (χ4v) is 2.22. The van der Waals surface area contributed by atoms with Crippen molar-refractivity contribution in [3.8, 4) is 0 Å². The Morgan fingerprint density at radius 3 is 3.00 bits per heavy atom. The van der Waals surface area contributed by atoms with Gasteiger partial charge in [0.05, 0.1) is 5.71 Å². The van der Waals surface area contributed by atoms with Crippen LogP contribution >= 0.6 is 0 Å². The van der Waals surface area contributed by atoms with E-state index in [4.69, 9.17) is 0 Å². The molecule has 0 aromatic carbocycles. The summed E-state index contributed by atoms with van der Waals surface area (Å²) in [6, 6.07) is 8.11. The van der Waals surface area contributed by atoms with Crippen LogP contribution in [0.5, 0.6) is 0 Å². The van der Waals surface area contributed by atoms with E-state index in [0.717, 1.165) is 36.4 Å². The molecule has 0 bridgehead atoms. The molecule has 0 fully saturated rings. The third-order valence-corrected chi connectivity index (χ3v) is 3.07. The second-order valence-electron chi connectivity index (χ2n) is 4.37. The quantitative estimate of drug-likeness (QED) is 0.856. The first kappa shape index (κ1) is 11.0. The summed E-state index contributed by atoms with van der Waals surface area (Å²) < 4.78 is 0. The molecule has 90 valence electrons. The Bertz CT molecular complexity index is 565. The molecule has 3 nitrogen and oxygen atoms in total. The second kappa shape index (κ2) is 5.00. The fourth-order valence-electron chi connectivity index (χ4n) is 2.22. The largest absolute Gasteiger partial charge is 0.362 e. The van der Waals surface area contributed by atoms with Crippen LogP contribution in [0.2, 0.25) is 0 Å². The third kappa shape index (κ3) is 2.25. The smallest absolute Gasteiger partial charge is 0.0694 e. The van der Waals surface area contributed by atoms with Crippen LogP contribution in [0.25, 0.3) is 6.08 Å². The molecule has 0 spiro atoms. The summed E-state index contributed by atoms with van der Waals surface area (Å²) in [5, 5.41) is 0. The van der Waals surface area contributed by atoms with E-state index < -0.39 is 0 Å². The zero-order valence-corrected chi connectivity index (χ0v) is 10.1. The van der Waals surface area contributed by atoms with Gasteiger partial charge in [-0.25, -0.2) is 0 Å². The van der Waals surface area contributed by atoms with E-state index >= 15 is 0 Å². The van der Waals surface area contributed by atoms with Crippen molar-refractivity contribution in [2.24, 2.45) is 4.99 Å². The normalized spacial score (nSPS) is 17.8. The van der Waals surface area contributed by atoms with E-state index in [9.17, 15) is 0 Å². The van der Waals surface area contributed by atoms with E-state index in [2.05, 4.69) is 33.2 Å². The van der Waals surface area contributed by atoms with Crippen molar-refractivity contribution in [2.75, 3.05) is 6.54 Å². The molecule has 3 heteroatoms. The summed E-state index contributed by atoms with van der Waals surface area (Å²) in [7, 11) is 0. The zero-order chi connectivity index (χ0) is 12.2. The average Bonchev–Trinajstić information content (AvgIpc) is 2.93. The summed E-state index contributed by atoms with van der Waals surface area (Å²) >= 11 is 0. The number of rotatable bonds is 2. The minimum atomic E-state index is 0.909. The molecule has 3 rings (SSSR count). The highest BCUT2D eigenvalue weighted by atomic mass is 14.8. The predicted octanol–water partition coefficient (Wildman–Crippen LogP) is 3.08. The molecule has 1 aliphatic heterocycles. The van der Waals surface area contributed by atoms with E-state index in [-0.39, 0.29) is 0 Å². The molecular weight excluding hydrogens is 222 g/mol. The first-order valence-electron chi connectivity index (χ1n) is 6.23. The Labute approximate surface area is 106 Å². The Morgan fingerprint density at radius 1 is 1.22 bits per heavy atom. The van der Waals surface area contributed by atoms with E-state index in [1.165, 1.54) is 5.57 Å². The lowest BCUT2D eigenvalue weighted by Crippen LogP contribution is -2.11. The first-order chi connectivity index (χ1) is 8.93. The number of pyridine rings is 1. The molecule has 1 aliphatic rings. The van der Waals surface area contributed by atoms with Gasteiger partial charge in [0.25, 0.3) is 0 Å². The molecule has 18 heavy (non-hydrogen) atoms. The van der Waals surface area contributed by atoms with E-state index in [0.29, 0.717) is 0 Å². The van der Waals surface area contributed by atoms with Gasteiger partial charge in [-0.2, -0.15) is 0 Å². The third-order valence-electron chi connectivity index (χ3n) is 3.07. The van der Waals surface area contributed by atoms with Crippen LogP contribution in [-0.4, -0.2) is 22.2 Å². The van der Waals surface area contributed by atoms with Crippen LogP contribution < -0.4 is 0 Å². The average molecular weight is 237 g/mol. The predicted molar refractivity (Wildman–Crippen MR) is 73.6 cm³/mol. The molecule has 0 radical (unpaired) electrons. The van der Waals surface area contributed by atoms with Crippen LogP contribution in [0.4, 0.5) is 0 Å². The van der Waals surface area contributed by atoms with Crippen LogP contribution in [-0.2, 0) is 0 Å². The fraction of sp³-hybridized carbons (Fsp3) is 0.200. The lowest BCUT2D eigenvalue weighted by atomic mass is 9.96. The molecule has 0 saturated carbocycles. The minimum Gasteiger partial charge on any atom is -0.362 e. The standard InChI is InChI=1S/C15H15N3/c1-5-13(11-16-7-1)15-12(4-2-9-18-15)10-14-6-3-8-17-14/h1,3,5-8,10-11,17H,2,4,9H2. The lowest BCUT2D eigenvalue weighted by molar-refractivity contribution is 0.818. The Hall–Kier alpha value is -2.16. The van der Waals surface area contributed by atoms with Gasteiger partial charge in [0, 0.05) is 36.4 Å². The van der Waals surface area contributed by atoms with Crippen LogP contribution in [0.1, 0.15) is 24.1 Å². The van der Waals surface area contributed by atoms with Crippen molar-refractivity contribution < 1.29 is 0 Å². The number of H-pyrrole nitrogens is 1. The van der Waals surface area contributed by atoms with Gasteiger partial charge < -0.3 is 4.98 Å². The van der Waals surface area contributed by atoms with Crippen molar-refractivity contribution in [3.63, 3.8) is 0 Å². The molecule has 0 amide bonds. The van der Waals surface area contributed by atoms with Gasteiger partial charge in [0.15, 0.2) is 0 Å². The number of nitrogens with one attached hydrogen (secondary N) is 1. The van der Waals surface area contributed by atoms with Gasteiger partial charge in [-0.3, -0.25) is 9.98 Å². The Kier molecular flexibility index (Phi) is 3.05. The topological polar surface area (TPSA) is 41.0 Å². The SMILES string of the molecule is C(=C1CCCN=C1c1cccnc1)c1ccc[nH]1. The summed E-state index contributed by atoms with van der Waals surface area (Å²) in [4.78, 5) is 12.0. The first-order valence-corrected chi connectivity index (χ1v) is 6.23. The second-order valence-corrected chi connectivity index (χ2v) is 4.37. The highest BCUT2D eigenvalue weighted by Gasteiger charge is 2.14. The van der Waals surface area contributed by atoms with Crippen molar-refractivity contribution in [1.29, 1.82) is 0 Å². The summed E-state index contributed by atoms with van der Waals surface area (Å²) in [5.74, 6) is 0. The molecule has 0 aliphatic carbocycles. The molecule has 2 aromatic heterocycles. The number of aliphatic imine (C=N–C) groups is 1. The van der Waals surface area contributed by atoms with E-state index in [1.54, 1.807) is 6.20 Å². The van der Waals surface area contributed by atoms with Gasteiger partial charge in [-0.15, -0.1) is 0 Å². The lowest BCUT2D eigenvalue weighted by Gasteiger charge is -2.15. The number of hydrogen-bond donors (Lipinski definition) is 1. The van der Waals surface area contributed by atoms with Gasteiger partial charge >= 0.3 is 0 Å². The summed E-state index contributed by atoms with van der Waals surface area (Å²) in [6.07, 6.45) is 10.00. The number of aromatic amines is 1. The molecular formula is C15H15N3. The minimum absolute atomic E-state index is 0.909. The van der Waals surface area contributed by atoms with Crippen LogP contribution in [0.3, 0.4) is 0 Å². The maximum Gasteiger partial charge on any atom is 0.0694 e. The van der Waals surface area contributed by atoms with Gasteiger partial charge in [-0.05, 0) is 48.8 Å². The number of nitrogens with zero attached hydrogens (tertiary/aromatic N) is 2. The molecule has 3 heterocycles. The molecule has 0 atom stereocenters. The van der Waals surface area contributed by atoms with Crippen molar-refractivity contribution in [3.05, 3.63) is 59.7 Å². The summed E-state index contributed by atoms with van der Waals surface area (Å²) in [6.45, 7) is 0.909. The van der Waals surface area contributed by atoms with Crippen molar-refractivity contribution in [2.45, 2.75) is 12.8 Å². The van der Waals surface area contributed by atoms with Crippen molar-refractivity contribution >= 4 is 11.8 Å². The molecule has 1 N–H and O–H groups in total. The van der Waals surface area contributed by atoms with Crippen LogP contribution in [0, 0.1) is 0 Å². The summed E-state index contributed by atoms with van der Waals surface area (Å²) in [5.41, 5.74) is 4.61. The number of aromatic nitrogens is 2. The number of hydrogen-bond acceptors (Lipinski definition) is 2. The van der Waals surface area contributed by atoms with Gasteiger partial charge in [0.2, 0.25) is 0 Å². The maximum atomic E-state index is 4.66. The van der Waals surface area contributed by atoms with Crippen molar-refractivity contribution in [1.82, 2.24) is 9.97 Å². The van der Waals surface area contributed by atoms with Gasteiger partial charge in [0.1, 0.15) is 0 Å². The Morgan fingerprint density at radius 2 is 2.22 bits per heavy atom.